The maximum atomic E-state index is 12.9. The van der Waals surface area contributed by atoms with Crippen LogP contribution in [0.15, 0.2) is 85.1 Å². The molecule has 6 nitrogen and oxygen atoms in total. The molecule has 0 radical (unpaired) electrons. The quantitative estimate of drug-likeness (QED) is 0.311. The van der Waals surface area contributed by atoms with Gasteiger partial charge in [-0.2, -0.15) is 0 Å². The molecular formula is C29H24N2O4. The van der Waals surface area contributed by atoms with Crippen molar-refractivity contribution in [1.29, 1.82) is 0 Å². The van der Waals surface area contributed by atoms with E-state index in [1.807, 2.05) is 81.4 Å². The van der Waals surface area contributed by atoms with Gasteiger partial charge in [0.1, 0.15) is 11.3 Å². The van der Waals surface area contributed by atoms with Crippen LogP contribution in [-0.2, 0) is 4.74 Å². The highest BCUT2D eigenvalue weighted by molar-refractivity contribution is 6.06. The number of carboxylic acids is 1. The minimum Gasteiger partial charge on any atom is -0.477 e. The van der Waals surface area contributed by atoms with Crippen molar-refractivity contribution in [2.24, 2.45) is 0 Å². The number of carboxylic acid groups (broad SMARTS) is 1. The molecule has 0 saturated heterocycles. The van der Waals surface area contributed by atoms with Gasteiger partial charge in [-0.15, -0.1) is 0 Å². The Morgan fingerprint density at radius 1 is 0.857 bits per heavy atom. The molecule has 0 atom stereocenters. The predicted molar refractivity (Wildman–Crippen MR) is 137 cm³/mol. The average Bonchev–Trinajstić information content (AvgIpc) is 3.32. The van der Waals surface area contributed by atoms with Crippen molar-refractivity contribution in [2.75, 3.05) is 0 Å². The molecule has 35 heavy (non-hydrogen) atoms. The summed E-state index contributed by atoms with van der Waals surface area (Å²) in [6.07, 6.45) is 1.21. The fourth-order valence-corrected chi connectivity index (χ4v) is 4.25. The number of aromatic carboxylic acids is 1. The topological polar surface area (TPSA) is 81.4 Å². The molecule has 5 rings (SSSR count). The first-order valence-electron chi connectivity index (χ1n) is 11.3. The Balaban J connectivity index is 1.78. The van der Waals surface area contributed by atoms with Gasteiger partial charge in [0.05, 0.1) is 11.2 Å². The van der Waals surface area contributed by atoms with Gasteiger partial charge in [-0.1, -0.05) is 48.5 Å². The molecule has 0 spiro atoms. The third-order valence-corrected chi connectivity index (χ3v) is 5.73. The van der Waals surface area contributed by atoms with Gasteiger partial charge in [0.25, 0.3) is 0 Å². The lowest BCUT2D eigenvalue weighted by Gasteiger charge is -2.20. The van der Waals surface area contributed by atoms with Gasteiger partial charge in [-0.05, 0) is 67.4 Å². The number of carbonyl (C=O) groups excluding carboxylic acids is 1. The van der Waals surface area contributed by atoms with Gasteiger partial charge in [-0.25, -0.2) is 14.6 Å². The normalized spacial score (nSPS) is 11.6. The summed E-state index contributed by atoms with van der Waals surface area (Å²) in [6, 6.07) is 24.8. The van der Waals surface area contributed by atoms with Crippen LogP contribution in [0.25, 0.3) is 44.1 Å². The van der Waals surface area contributed by atoms with Crippen molar-refractivity contribution in [3.05, 3.63) is 90.8 Å². The van der Waals surface area contributed by atoms with E-state index in [1.54, 1.807) is 18.3 Å². The third-order valence-electron chi connectivity index (χ3n) is 5.73. The number of pyridine rings is 1. The first-order valence-corrected chi connectivity index (χ1v) is 11.3. The maximum Gasteiger partial charge on any atom is 0.418 e. The summed E-state index contributed by atoms with van der Waals surface area (Å²) in [5.41, 5.74) is 3.11. The van der Waals surface area contributed by atoms with Crippen molar-refractivity contribution >= 4 is 33.7 Å². The molecule has 0 bridgehead atoms. The van der Waals surface area contributed by atoms with E-state index in [2.05, 4.69) is 4.98 Å². The van der Waals surface area contributed by atoms with E-state index >= 15 is 0 Å². The zero-order valence-electron chi connectivity index (χ0n) is 19.6. The van der Waals surface area contributed by atoms with Crippen LogP contribution in [0.2, 0.25) is 0 Å². The lowest BCUT2D eigenvalue weighted by molar-refractivity contribution is 0.0539. The van der Waals surface area contributed by atoms with Crippen LogP contribution in [0, 0.1) is 0 Å². The Bertz CT molecular complexity index is 1600. The largest absolute Gasteiger partial charge is 0.477 e. The van der Waals surface area contributed by atoms with Gasteiger partial charge < -0.3 is 9.84 Å². The Morgan fingerprint density at radius 2 is 1.63 bits per heavy atom. The van der Waals surface area contributed by atoms with Gasteiger partial charge >= 0.3 is 12.1 Å². The Hall–Kier alpha value is -4.45. The molecule has 0 fully saturated rings. The molecule has 0 aliphatic carbocycles. The number of fused-ring (bicyclic) bond motifs is 2. The SMILES string of the molecule is CC(C)(C)OC(=O)n1cccc1-c1cc(-c2cccc3ccccc23)c2nc(C(=O)O)ccc2c1. The number of rotatable bonds is 3. The second kappa shape index (κ2) is 8.40. The van der Waals surface area contributed by atoms with Crippen LogP contribution >= 0.6 is 0 Å². The van der Waals surface area contributed by atoms with E-state index in [9.17, 15) is 14.7 Å². The van der Waals surface area contributed by atoms with Gasteiger partial charge in [-0.3, -0.25) is 4.57 Å². The number of benzene rings is 3. The van der Waals surface area contributed by atoms with Gasteiger partial charge in [0.2, 0.25) is 0 Å². The summed E-state index contributed by atoms with van der Waals surface area (Å²) in [5.74, 6) is -1.08. The molecular weight excluding hydrogens is 440 g/mol. The van der Waals surface area contributed by atoms with E-state index in [-0.39, 0.29) is 5.69 Å². The molecule has 2 heterocycles. The number of carbonyl (C=O) groups is 2. The fraction of sp³-hybridized carbons (Fsp3) is 0.138. The van der Waals surface area contributed by atoms with Crippen molar-refractivity contribution in [2.45, 2.75) is 26.4 Å². The number of aromatic nitrogens is 2. The Labute approximate surface area is 202 Å². The molecule has 0 saturated carbocycles. The van der Waals surface area contributed by atoms with Crippen LogP contribution in [-0.4, -0.2) is 32.3 Å². The van der Waals surface area contributed by atoms with Gasteiger partial charge in [0.15, 0.2) is 0 Å². The van der Waals surface area contributed by atoms with Crippen LogP contribution in [0.5, 0.6) is 0 Å². The molecule has 5 aromatic rings. The van der Waals surface area contributed by atoms with E-state index in [1.165, 1.54) is 10.6 Å². The van der Waals surface area contributed by atoms with Crippen LogP contribution in [0.1, 0.15) is 31.3 Å². The highest BCUT2D eigenvalue weighted by Gasteiger charge is 2.21. The minimum absolute atomic E-state index is 0.0242. The van der Waals surface area contributed by atoms with Crippen LogP contribution in [0.4, 0.5) is 4.79 Å². The number of ether oxygens (including phenoxy) is 1. The lowest BCUT2D eigenvalue weighted by Crippen LogP contribution is -2.27. The fourth-order valence-electron chi connectivity index (χ4n) is 4.25. The zero-order chi connectivity index (χ0) is 24.7. The summed E-state index contributed by atoms with van der Waals surface area (Å²) < 4.78 is 7.08. The first-order chi connectivity index (χ1) is 16.7. The Kier molecular flexibility index (Phi) is 5.36. The van der Waals surface area contributed by atoms with E-state index in [0.29, 0.717) is 11.2 Å². The van der Waals surface area contributed by atoms with Crippen molar-refractivity contribution < 1.29 is 19.4 Å². The molecule has 174 valence electrons. The van der Waals surface area contributed by atoms with E-state index < -0.39 is 17.7 Å². The molecule has 0 aliphatic rings. The standard InChI is InChI=1S/C29H24N2O4/c1-29(2,3)35-28(34)31-15-7-12-25(31)20-16-19-13-14-24(27(32)33)30-26(19)23(17-20)22-11-6-9-18-8-4-5-10-21(18)22/h4-17H,1-3H3,(H,32,33). The molecule has 1 N–H and O–H groups in total. The number of hydrogen-bond donors (Lipinski definition) is 1. The smallest absolute Gasteiger partial charge is 0.418 e. The molecule has 0 amide bonds. The maximum absolute atomic E-state index is 12.9. The molecule has 0 aliphatic heterocycles. The zero-order valence-corrected chi connectivity index (χ0v) is 19.6. The summed E-state index contributed by atoms with van der Waals surface area (Å²) in [7, 11) is 0. The van der Waals surface area contributed by atoms with Crippen molar-refractivity contribution in [1.82, 2.24) is 9.55 Å². The molecule has 0 unspecified atom stereocenters. The second-order valence-corrected chi connectivity index (χ2v) is 9.37. The molecule has 6 heteroatoms. The van der Waals surface area contributed by atoms with E-state index in [4.69, 9.17) is 4.74 Å². The van der Waals surface area contributed by atoms with Crippen LogP contribution < -0.4 is 0 Å². The first kappa shape index (κ1) is 22.3. The monoisotopic (exact) mass is 464 g/mol. The average molecular weight is 465 g/mol. The molecule has 3 aromatic carbocycles. The summed E-state index contributed by atoms with van der Waals surface area (Å²) in [4.78, 5) is 29.1. The molecule has 2 aromatic heterocycles. The van der Waals surface area contributed by atoms with Gasteiger partial charge in [0, 0.05) is 22.7 Å². The number of hydrogen-bond acceptors (Lipinski definition) is 4. The minimum atomic E-state index is -1.08. The summed E-state index contributed by atoms with van der Waals surface area (Å²) in [5, 5.41) is 12.4. The summed E-state index contributed by atoms with van der Waals surface area (Å²) in [6.45, 7) is 5.48. The lowest BCUT2D eigenvalue weighted by atomic mass is 9.93. The van der Waals surface area contributed by atoms with Crippen molar-refractivity contribution in [3.63, 3.8) is 0 Å². The predicted octanol–water partition coefficient (Wildman–Crippen LogP) is 7.00. The van der Waals surface area contributed by atoms with Crippen molar-refractivity contribution in [3.8, 4) is 22.4 Å². The summed E-state index contributed by atoms with van der Waals surface area (Å²) >= 11 is 0. The number of nitrogens with zero attached hydrogens (tertiary/aromatic N) is 2. The Morgan fingerprint density at radius 3 is 2.40 bits per heavy atom. The van der Waals surface area contributed by atoms with Crippen LogP contribution in [0.3, 0.4) is 0 Å². The van der Waals surface area contributed by atoms with E-state index in [0.717, 1.165) is 32.8 Å². The highest BCUT2D eigenvalue weighted by Crippen LogP contribution is 2.37. The highest BCUT2D eigenvalue weighted by atomic mass is 16.6. The third kappa shape index (κ3) is 4.26. The second-order valence-electron chi connectivity index (χ2n) is 9.37.